The third kappa shape index (κ3) is 5.42. The van der Waals surface area contributed by atoms with Gasteiger partial charge in [-0.2, -0.15) is 0 Å². The van der Waals surface area contributed by atoms with Gasteiger partial charge in [-0.15, -0.1) is 0 Å². The Kier molecular flexibility index (Phi) is 7.69. The molecule has 2 aliphatic carbocycles. The summed E-state index contributed by atoms with van der Waals surface area (Å²) in [5.41, 5.74) is 16.2. The summed E-state index contributed by atoms with van der Waals surface area (Å²) >= 11 is -2.86. The number of fused-ring (bicyclic) bond motifs is 4. The topological polar surface area (TPSA) is 0 Å². The third-order valence-electron chi connectivity index (χ3n) is 9.94. The molecule has 2 aliphatic rings. The fourth-order valence-electron chi connectivity index (χ4n) is 7.53. The van der Waals surface area contributed by atoms with Crippen LogP contribution in [0.5, 0.6) is 0 Å². The van der Waals surface area contributed by atoms with Gasteiger partial charge in [0.15, 0.2) is 0 Å². The van der Waals surface area contributed by atoms with Crippen LogP contribution in [-0.4, -0.2) is 3.21 Å². The molecule has 45 heavy (non-hydrogen) atoms. The fraction of sp³-hybridized carbons (Fsp3) is 0.250. The molecule has 1 unspecified atom stereocenters. The Morgan fingerprint density at radius 3 is 1.47 bits per heavy atom. The monoisotopic (exact) mass is 662 g/mol. The molecule has 0 fully saturated rings. The van der Waals surface area contributed by atoms with Crippen molar-refractivity contribution in [2.24, 2.45) is 0 Å². The SMILES string of the molecule is CC1=C[CH]([Zr](=[C](c2ccccc2)c2ccccc2)[CH]2c3cc(C(C)(C)C)ccc3-c3ccc(C(C)(C)C)cc32)c2ccccc21. The molecule has 0 N–H and O–H groups in total. The summed E-state index contributed by atoms with van der Waals surface area (Å²) in [6, 6.07) is 46.8. The molecule has 0 aromatic heterocycles. The van der Waals surface area contributed by atoms with E-state index >= 15 is 0 Å². The average molecular weight is 664 g/mol. The van der Waals surface area contributed by atoms with Gasteiger partial charge in [0.05, 0.1) is 0 Å². The first-order valence-corrected chi connectivity index (χ1v) is 20.5. The first-order chi connectivity index (χ1) is 21.5. The molecule has 0 nitrogen and oxygen atoms in total. The normalized spacial score (nSPS) is 15.7. The van der Waals surface area contributed by atoms with E-state index in [9.17, 15) is 0 Å². The van der Waals surface area contributed by atoms with Crippen LogP contribution >= 0.6 is 0 Å². The van der Waals surface area contributed by atoms with Gasteiger partial charge in [0.25, 0.3) is 0 Å². The number of benzene rings is 5. The molecule has 0 spiro atoms. The fourth-order valence-corrected chi connectivity index (χ4v) is 17.7. The third-order valence-corrected chi connectivity index (χ3v) is 18.7. The number of hydrogen-bond donors (Lipinski definition) is 0. The Hall–Kier alpha value is -3.41. The molecular weight excluding hydrogens is 620 g/mol. The first-order valence-electron chi connectivity index (χ1n) is 16.4. The van der Waals surface area contributed by atoms with Crippen LogP contribution in [-0.2, 0) is 32.1 Å². The van der Waals surface area contributed by atoms with Crippen molar-refractivity contribution in [3.05, 3.63) is 172 Å². The quantitative estimate of drug-likeness (QED) is 0.179. The van der Waals surface area contributed by atoms with Gasteiger partial charge in [-0.25, -0.2) is 0 Å². The molecular formula is C44H44Zr. The van der Waals surface area contributed by atoms with Crippen molar-refractivity contribution in [3.63, 3.8) is 0 Å². The Balaban J connectivity index is 1.64. The zero-order valence-electron chi connectivity index (χ0n) is 27.8. The first kappa shape index (κ1) is 30.3. The van der Waals surface area contributed by atoms with E-state index < -0.39 is 21.3 Å². The summed E-state index contributed by atoms with van der Waals surface area (Å²) in [6.45, 7) is 16.5. The van der Waals surface area contributed by atoms with E-state index in [1.807, 2.05) is 0 Å². The van der Waals surface area contributed by atoms with E-state index in [0.717, 1.165) is 0 Å². The van der Waals surface area contributed by atoms with Crippen molar-refractivity contribution in [2.45, 2.75) is 66.5 Å². The molecule has 5 aromatic carbocycles. The van der Waals surface area contributed by atoms with Gasteiger partial charge >= 0.3 is 280 Å². The minimum atomic E-state index is -2.86. The van der Waals surface area contributed by atoms with E-state index in [-0.39, 0.29) is 10.8 Å². The standard InChI is InChI=1S/C21H25.C13H10.C10H9.Zr/c1-20(2,3)16-7-9-18-14(12-16)11-15-13-17(21(4,5)6)8-10-19(15)18;1-3-7-12(8-4-1)11-13-9-5-2-6-10-13;1-8-6-7-9-4-2-3-5-10(8)9;/h7-13H,1-6H3;1-10H;2-7H,1H3;. The van der Waals surface area contributed by atoms with Crippen LogP contribution in [0.3, 0.4) is 0 Å². The van der Waals surface area contributed by atoms with Crippen LogP contribution in [0.15, 0.2) is 127 Å². The molecule has 0 heterocycles. The molecule has 7 rings (SSSR count). The van der Waals surface area contributed by atoms with Crippen molar-refractivity contribution in [3.8, 4) is 11.1 Å². The van der Waals surface area contributed by atoms with Crippen LogP contribution in [0.25, 0.3) is 16.7 Å². The van der Waals surface area contributed by atoms with E-state index in [2.05, 4.69) is 176 Å². The summed E-state index contributed by atoms with van der Waals surface area (Å²) in [4.78, 5) is 0. The predicted octanol–water partition coefficient (Wildman–Crippen LogP) is 11.4. The van der Waals surface area contributed by atoms with E-state index in [1.165, 1.54) is 50.1 Å². The van der Waals surface area contributed by atoms with Crippen LogP contribution in [0.1, 0.15) is 100 Å². The van der Waals surface area contributed by atoms with E-state index in [0.29, 0.717) is 7.25 Å². The zero-order valence-corrected chi connectivity index (χ0v) is 30.2. The van der Waals surface area contributed by atoms with Gasteiger partial charge in [0.2, 0.25) is 0 Å². The van der Waals surface area contributed by atoms with Crippen LogP contribution in [0, 0.1) is 0 Å². The Morgan fingerprint density at radius 1 is 0.511 bits per heavy atom. The van der Waals surface area contributed by atoms with Crippen LogP contribution in [0.2, 0.25) is 0 Å². The summed E-state index contributed by atoms with van der Waals surface area (Å²) in [5, 5.41) is 0. The zero-order chi connectivity index (χ0) is 31.5. The van der Waals surface area contributed by atoms with Gasteiger partial charge in [-0.05, 0) is 0 Å². The van der Waals surface area contributed by atoms with Crippen molar-refractivity contribution >= 4 is 8.78 Å². The average Bonchev–Trinajstić information content (AvgIpc) is 3.53. The molecule has 0 aliphatic heterocycles. The summed E-state index contributed by atoms with van der Waals surface area (Å²) in [5.74, 6) is 0. The number of hydrogen-bond acceptors (Lipinski definition) is 0. The second kappa shape index (κ2) is 11.4. The van der Waals surface area contributed by atoms with Gasteiger partial charge in [-0.1, -0.05) is 0 Å². The van der Waals surface area contributed by atoms with Crippen molar-refractivity contribution in [1.29, 1.82) is 0 Å². The summed E-state index contributed by atoms with van der Waals surface area (Å²) in [7, 11) is 0. The molecule has 0 radical (unpaired) electrons. The second-order valence-corrected chi connectivity index (χ2v) is 21.4. The molecule has 0 bridgehead atoms. The van der Waals surface area contributed by atoms with Crippen molar-refractivity contribution in [1.82, 2.24) is 0 Å². The molecule has 1 atom stereocenters. The van der Waals surface area contributed by atoms with Crippen LogP contribution in [0.4, 0.5) is 0 Å². The van der Waals surface area contributed by atoms with Gasteiger partial charge in [0.1, 0.15) is 0 Å². The van der Waals surface area contributed by atoms with Crippen molar-refractivity contribution in [2.75, 3.05) is 0 Å². The summed E-state index contributed by atoms with van der Waals surface area (Å²) in [6.07, 6.45) is 2.66. The number of allylic oxidation sites excluding steroid dienone is 2. The van der Waals surface area contributed by atoms with Gasteiger partial charge in [-0.3, -0.25) is 0 Å². The van der Waals surface area contributed by atoms with Crippen molar-refractivity contribution < 1.29 is 21.3 Å². The Bertz CT molecular complexity index is 1850. The molecule has 224 valence electrons. The predicted molar refractivity (Wildman–Crippen MR) is 190 cm³/mol. The number of rotatable bonds is 4. The van der Waals surface area contributed by atoms with Gasteiger partial charge in [0, 0.05) is 0 Å². The Labute approximate surface area is 278 Å². The van der Waals surface area contributed by atoms with Gasteiger partial charge < -0.3 is 0 Å². The molecule has 1 heteroatoms. The summed E-state index contributed by atoms with van der Waals surface area (Å²) < 4.78 is 2.44. The molecule has 0 amide bonds. The van der Waals surface area contributed by atoms with E-state index in [4.69, 9.17) is 0 Å². The molecule has 0 saturated carbocycles. The minimum absolute atomic E-state index is 0.0797. The molecule has 0 saturated heterocycles. The maximum absolute atomic E-state index is 2.86. The molecule has 5 aromatic rings. The second-order valence-electron chi connectivity index (χ2n) is 15.0. The maximum atomic E-state index is 2.66. The Morgan fingerprint density at radius 2 is 0.978 bits per heavy atom. The van der Waals surface area contributed by atoms with E-state index in [1.54, 1.807) is 14.3 Å². The van der Waals surface area contributed by atoms with Crippen LogP contribution < -0.4 is 0 Å².